The molecule has 0 saturated heterocycles. The molecule has 0 fully saturated rings. The molecule has 0 radical (unpaired) electrons. The van der Waals surface area contributed by atoms with E-state index in [2.05, 4.69) is 36.3 Å². The van der Waals surface area contributed by atoms with Crippen LogP contribution in [0.1, 0.15) is 39.3 Å². The molecule has 3 nitrogen and oxygen atoms in total. The predicted octanol–water partition coefficient (Wildman–Crippen LogP) is 3.02. The average molecular weight is 207 g/mol. The van der Waals surface area contributed by atoms with E-state index in [-0.39, 0.29) is 0 Å². The van der Waals surface area contributed by atoms with Gasteiger partial charge in [-0.2, -0.15) is 5.10 Å². The number of nitrogens with zero attached hydrogens (tertiary/aromatic N) is 2. The second-order valence-electron chi connectivity index (χ2n) is 4.07. The Hall–Kier alpha value is -1.12. The summed E-state index contributed by atoms with van der Waals surface area (Å²) in [5, 5.41) is 11.5. The fraction of sp³-hybridized carbons (Fsp3) is 0.667. The molecule has 1 atom stereocenters. The number of hydrogen-bond acceptors (Lipinski definition) is 3. The van der Waals surface area contributed by atoms with Crippen LogP contribution in [0.15, 0.2) is 12.1 Å². The van der Waals surface area contributed by atoms with E-state index in [1.54, 1.807) is 0 Å². The van der Waals surface area contributed by atoms with Gasteiger partial charge in [-0.1, -0.05) is 26.7 Å². The van der Waals surface area contributed by atoms with Crippen LogP contribution >= 0.6 is 0 Å². The molecule has 0 amide bonds. The third-order valence-corrected chi connectivity index (χ3v) is 2.93. The van der Waals surface area contributed by atoms with E-state index in [1.165, 1.54) is 12.8 Å². The number of aromatic nitrogens is 2. The van der Waals surface area contributed by atoms with Gasteiger partial charge in [0.15, 0.2) is 0 Å². The minimum atomic E-state index is 0.456. The number of nitrogens with one attached hydrogen (secondary N) is 1. The fourth-order valence-electron chi connectivity index (χ4n) is 1.82. The van der Waals surface area contributed by atoms with E-state index >= 15 is 0 Å². The van der Waals surface area contributed by atoms with Crippen LogP contribution in [0.25, 0.3) is 0 Å². The van der Waals surface area contributed by atoms with E-state index in [0.717, 1.165) is 11.5 Å². The molecule has 84 valence electrons. The molecule has 1 N–H and O–H groups in total. The Labute approximate surface area is 92.3 Å². The zero-order valence-electron chi connectivity index (χ0n) is 10.1. The molecule has 15 heavy (non-hydrogen) atoms. The topological polar surface area (TPSA) is 37.8 Å². The second kappa shape index (κ2) is 5.69. The van der Waals surface area contributed by atoms with Gasteiger partial charge in [-0.05, 0) is 31.9 Å². The fourth-order valence-corrected chi connectivity index (χ4v) is 1.82. The Morgan fingerprint density at radius 1 is 1.20 bits per heavy atom. The van der Waals surface area contributed by atoms with Crippen LogP contribution in [-0.2, 0) is 0 Å². The molecular formula is C12H21N3. The number of anilines is 1. The van der Waals surface area contributed by atoms with Crippen molar-refractivity contribution in [2.45, 2.75) is 46.6 Å². The average Bonchev–Trinajstić information content (AvgIpc) is 2.23. The molecule has 0 aliphatic heterocycles. The van der Waals surface area contributed by atoms with Crippen molar-refractivity contribution < 1.29 is 0 Å². The van der Waals surface area contributed by atoms with Gasteiger partial charge < -0.3 is 5.32 Å². The summed E-state index contributed by atoms with van der Waals surface area (Å²) in [4.78, 5) is 0. The highest BCUT2D eigenvalue weighted by Gasteiger charge is 2.13. The molecule has 1 rings (SSSR count). The third kappa shape index (κ3) is 3.50. The van der Waals surface area contributed by atoms with Crippen molar-refractivity contribution in [3.8, 4) is 0 Å². The summed E-state index contributed by atoms with van der Waals surface area (Å²) >= 11 is 0. The lowest BCUT2D eigenvalue weighted by atomic mass is 9.95. The quantitative estimate of drug-likeness (QED) is 0.806. The largest absolute Gasteiger partial charge is 0.366 e. The Bertz CT molecular complexity index is 277. The highest BCUT2D eigenvalue weighted by molar-refractivity contribution is 5.33. The molecular weight excluding hydrogens is 186 g/mol. The van der Waals surface area contributed by atoms with Gasteiger partial charge in [0.25, 0.3) is 0 Å². The summed E-state index contributed by atoms with van der Waals surface area (Å²) in [6.07, 6.45) is 2.40. The van der Waals surface area contributed by atoms with Crippen molar-refractivity contribution in [3.05, 3.63) is 17.8 Å². The molecule has 0 spiro atoms. The maximum absolute atomic E-state index is 4.11. The minimum absolute atomic E-state index is 0.456. The standard InChI is InChI=1S/C12H21N3/c1-5-11(6-2)10(4)13-12-8-7-9(3)14-15-12/h7-8,10-11H,5-6H2,1-4H3,(H,13,15). The molecule has 3 heteroatoms. The first-order valence-corrected chi connectivity index (χ1v) is 5.74. The lowest BCUT2D eigenvalue weighted by Crippen LogP contribution is -2.25. The zero-order valence-corrected chi connectivity index (χ0v) is 10.1. The van der Waals surface area contributed by atoms with Gasteiger partial charge in [-0.3, -0.25) is 0 Å². The van der Waals surface area contributed by atoms with Crippen LogP contribution in [0.2, 0.25) is 0 Å². The van der Waals surface area contributed by atoms with E-state index in [0.29, 0.717) is 12.0 Å². The van der Waals surface area contributed by atoms with Crippen LogP contribution in [0.5, 0.6) is 0 Å². The number of hydrogen-bond donors (Lipinski definition) is 1. The molecule has 1 unspecified atom stereocenters. The molecule has 0 aliphatic rings. The van der Waals surface area contributed by atoms with Gasteiger partial charge in [0.2, 0.25) is 0 Å². The van der Waals surface area contributed by atoms with E-state index in [4.69, 9.17) is 0 Å². The van der Waals surface area contributed by atoms with Gasteiger partial charge in [0.05, 0.1) is 5.69 Å². The first-order chi connectivity index (χ1) is 7.17. The maximum Gasteiger partial charge on any atom is 0.148 e. The van der Waals surface area contributed by atoms with E-state index in [9.17, 15) is 0 Å². The lowest BCUT2D eigenvalue weighted by molar-refractivity contribution is 0.436. The maximum atomic E-state index is 4.11. The van der Waals surface area contributed by atoms with Gasteiger partial charge in [-0.25, -0.2) is 0 Å². The molecule has 1 aromatic heterocycles. The molecule has 0 aromatic carbocycles. The van der Waals surface area contributed by atoms with Crippen LogP contribution in [0, 0.1) is 12.8 Å². The van der Waals surface area contributed by atoms with Crippen molar-refractivity contribution in [2.75, 3.05) is 5.32 Å². The number of aryl methyl sites for hydroxylation is 1. The van der Waals surface area contributed by atoms with Crippen molar-refractivity contribution in [1.82, 2.24) is 10.2 Å². The highest BCUT2D eigenvalue weighted by atomic mass is 15.2. The van der Waals surface area contributed by atoms with Crippen molar-refractivity contribution in [2.24, 2.45) is 5.92 Å². The highest BCUT2D eigenvalue weighted by Crippen LogP contribution is 2.16. The SMILES string of the molecule is CCC(CC)C(C)Nc1ccc(C)nn1. The number of rotatable bonds is 5. The van der Waals surface area contributed by atoms with E-state index in [1.807, 2.05) is 19.1 Å². The van der Waals surface area contributed by atoms with Gasteiger partial charge in [0.1, 0.15) is 5.82 Å². The van der Waals surface area contributed by atoms with E-state index < -0.39 is 0 Å². The first-order valence-electron chi connectivity index (χ1n) is 5.74. The normalized spacial score (nSPS) is 12.9. The minimum Gasteiger partial charge on any atom is -0.366 e. The van der Waals surface area contributed by atoms with Crippen LogP contribution in [-0.4, -0.2) is 16.2 Å². The lowest BCUT2D eigenvalue weighted by Gasteiger charge is -2.22. The van der Waals surface area contributed by atoms with Gasteiger partial charge in [0, 0.05) is 6.04 Å². The molecule has 0 aliphatic carbocycles. The van der Waals surface area contributed by atoms with Crippen molar-refractivity contribution in [3.63, 3.8) is 0 Å². The molecule has 0 saturated carbocycles. The van der Waals surface area contributed by atoms with Gasteiger partial charge >= 0.3 is 0 Å². The smallest absolute Gasteiger partial charge is 0.148 e. The van der Waals surface area contributed by atoms with Crippen molar-refractivity contribution >= 4 is 5.82 Å². The summed E-state index contributed by atoms with van der Waals surface area (Å²) in [5.74, 6) is 1.58. The van der Waals surface area contributed by atoms with Crippen molar-refractivity contribution in [1.29, 1.82) is 0 Å². The molecule has 1 heterocycles. The predicted molar refractivity (Wildman–Crippen MR) is 63.9 cm³/mol. The Balaban J connectivity index is 2.57. The first kappa shape index (κ1) is 12.0. The van der Waals surface area contributed by atoms with Gasteiger partial charge in [-0.15, -0.1) is 5.10 Å². The summed E-state index contributed by atoms with van der Waals surface area (Å²) in [7, 11) is 0. The third-order valence-electron chi connectivity index (χ3n) is 2.93. The van der Waals surface area contributed by atoms with Crippen LogP contribution in [0.3, 0.4) is 0 Å². The summed E-state index contributed by atoms with van der Waals surface area (Å²) in [6.45, 7) is 8.61. The molecule has 0 bridgehead atoms. The Morgan fingerprint density at radius 3 is 2.33 bits per heavy atom. The second-order valence-corrected chi connectivity index (χ2v) is 4.07. The molecule has 1 aromatic rings. The Morgan fingerprint density at radius 2 is 1.87 bits per heavy atom. The zero-order chi connectivity index (χ0) is 11.3. The summed E-state index contributed by atoms with van der Waals surface area (Å²) in [5.41, 5.74) is 0.954. The van der Waals surface area contributed by atoms with Crippen LogP contribution < -0.4 is 5.32 Å². The summed E-state index contributed by atoms with van der Waals surface area (Å²) in [6, 6.07) is 4.42. The van der Waals surface area contributed by atoms with Crippen LogP contribution in [0.4, 0.5) is 5.82 Å². The Kier molecular flexibility index (Phi) is 4.53. The summed E-state index contributed by atoms with van der Waals surface area (Å²) < 4.78 is 0. The monoisotopic (exact) mass is 207 g/mol.